The summed E-state index contributed by atoms with van der Waals surface area (Å²) in [6.07, 6.45) is 0. The Bertz CT molecular complexity index is 477. The number of anilines is 1. The molecule has 0 radical (unpaired) electrons. The van der Waals surface area contributed by atoms with E-state index in [1.165, 1.54) is 4.90 Å². The lowest BCUT2D eigenvalue weighted by molar-refractivity contribution is 1.15. The summed E-state index contributed by atoms with van der Waals surface area (Å²) in [5, 5.41) is 2.06. The average molecular weight is 236 g/mol. The molecule has 0 aliphatic heterocycles. The van der Waals surface area contributed by atoms with Gasteiger partial charge in [-0.3, -0.25) is 0 Å². The number of aryl methyl sites for hydroxylation is 1. The minimum Gasteiger partial charge on any atom is -0.398 e. The minimum atomic E-state index is 0.841. The summed E-state index contributed by atoms with van der Waals surface area (Å²) in [5.74, 6) is 0. The van der Waals surface area contributed by atoms with Crippen LogP contribution >= 0.6 is 23.1 Å². The van der Waals surface area contributed by atoms with Crippen LogP contribution in [-0.4, -0.2) is 4.98 Å². The quantitative estimate of drug-likeness (QED) is 0.811. The van der Waals surface area contributed by atoms with Crippen LogP contribution in [0.25, 0.3) is 0 Å². The van der Waals surface area contributed by atoms with E-state index in [0.29, 0.717) is 0 Å². The fourth-order valence-corrected chi connectivity index (χ4v) is 3.14. The molecule has 1 heterocycles. The van der Waals surface area contributed by atoms with Crippen LogP contribution in [0.3, 0.4) is 0 Å². The van der Waals surface area contributed by atoms with Crippen molar-refractivity contribution in [1.82, 2.24) is 4.98 Å². The number of hydrogen-bond donors (Lipinski definition) is 1. The molecule has 15 heavy (non-hydrogen) atoms. The van der Waals surface area contributed by atoms with E-state index < -0.39 is 0 Å². The van der Waals surface area contributed by atoms with E-state index in [9.17, 15) is 0 Å². The van der Waals surface area contributed by atoms with Gasteiger partial charge in [0.15, 0.2) is 4.34 Å². The monoisotopic (exact) mass is 236 g/mol. The first kappa shape index (κ1) is 10.5. The van der Waals surface area contributed by atoms with Gasteiger partial charge in [0, 0.05) is 21.7 Å². The van der Waals surface area contributed by atoms with Crippen molar-refractivity contribution in [2.75, 3.05) is 5.73 Å². The lowest BCUT2D eigenvalue weighted by Gasteiger charge is -2.05. The Morgan fingerprint density at radius 1 is 1.33 bits per heavy atom. The van der Waals surface area contributed by atoms with E-state index in [4.69, 9.17) is 5.73 Å². The molecule has 4 heteroatoms. The molecular formula is C11H12N2S2. The van der Waals surface area contributed by atoms with Crippen LogP contribution in [0.15, 0.2) is 32.8 Å². The van der Waals surface area contributed by atoms with Crippen LogP contribution in [0.5, 0.6) is 0 Å². The van der Waals surface area contributed by atoms with Gasteiger partial charge in [-0.25, -0.2) is 4.98 Å². The van der Waals surface area contributed by atoms with Gasteiger partial charge in [-0.05, 0) is 31.5 Å². The molecule has 1 aromatic carbocycles. The first-order chi connectivity index (χ1) is 7.16. The Morgan fingerprint density at radius 3 is 2.80 bits per heavy atom. The molecule has 0 amide bonds. The summed E-state index contributed by atoms with van der Waals surface area (Å²) >= 11 is 3.35. The molecule has 0 saturated heterocycles. The van der Waals surface area contributed by atoms with Gasteiger partial charge in [-0.2, -0.15) is 0 Å². The Balaban J connectivity index is 2.28. The third kappa shape index (κ3) is 2.33. The maximum atomic E-state index is 5.85. The molecular weight excluding hydrogens is 224 g/mol. The zero-order valence-electron chi connectivity index (χ0n) is 8.65. The highest BCUT2D eigenvalue weighted by Crippen LogP contribution is 2.33. The Kier molecular flexibility index (Phi) is 2.98. The number of benzene rings is 1. The Labute approximate surface area is 97.5 Å². The summed E-state index contributed by atoms with van der Waals surface area (Å²) in [4.78, 5) is 5.60. The molecule has 0 saturated carbocycles. The lowest BCUT2D eigenvalue weighted by Crippen LogP contribution is -1.90. The van der Waals surface area contributed by atoms with Crippen molar-refractivity contribution < 1.29 is 0 Å². The summed E-state index contributed by atoms with van der Waals surface area (Å²) in [6.45, 7) is 4.05. The number of nitrogens with zero attached hydrogens (tertiary/aromatic N) is 1. The van der Waals surface area contributed by atoms with Crippen molar-refractivity contribution in [3.63, 3.8) is 0 Å². The lowest BCUT2D eigenvalue weighted by atomic mass is 10.2. The fraction of sp³-hybridized carbons (Fsp3) is 0.182. The highest BCUT2D eigenvalue weighted by molar-refractivity contribution is 8.01. The standard InChI is InChI=1S/C11H12N2S2/c1-7-6-14-11(13-7)15-10-5-3-4-9(12)8(10)2/h3-6H,12H2,1-2H3. The number of nitrogen functional groups attached to an aromatic ring is 1. The zero-order valence-corrected chi connectivity index (χ0v) is 10.3. The zero-order chi connectivity index (χ0) is 10.8. The van der Waals surface area contributed by atoms with Crippen molar-refractivity contribution in [3.05, 3.63) is 34.8 Å². The van der Waals surface area contributed by atoms with Crippen LogP contribution in [0.4, 0.5) is 5.69 Å². The molecule has 0 bridgehead atoms. The van der Waals surface area contributed by atoms with Crippen molar-refractivity contribution >= 4 is 28.8 Å². The van der Waals surface area contributed by atoms with Crippen molar-refractivity contribution in [3.8, 4) is 0 Å². The second kappa shape index (κ2) is 4.24. The Morgan fingerprint density at radius 2 is 2.13 bits per heavy atom. The van der Waals surface area contributed by atoms with Gasteiger partial charge in [0.25, 0.3) is 0 Å². The molecule has 0 aliphatic rings. The molecule has 0 fully saturated rings. The smallest absolute Gasteiger partial charge is 0.154 e. The molecule has 0 aliphatic carbocycles. The molecule has 2 nitrogen and oxygen atoms in total. The topological polar surface area (TPSA) is 38.9 Å². The van der Waals surface area contributed by atoms with E-state index >= 15 is 0 Å². The van der Waals surface area contributed by atoms with Crippen LogP contribution < -0.4 is 5.73 Å². The van der Waals surface area contributed by atoms with Crippen molar-refractivity contribution in [1.29, 1.82) is 0 Å². The molecule has 0 spiro atoms. The van der Waals surface area contributed by atoms with Crippen LogP contribution in [0.1, 0.15) is 11.3 Å². The average Bonchev–Trinajstić information content (AvgIpc) is 2.59. The molecule has 2 N–H and O–H groups in total. The highest BCUT2D eigenvalue weighted by atomic mass is 32.2. The largest absolute Gasteiger partial charge is 0.398 e. The van der Waals surface area contributed by atoms with E-state index in [0.717, 1.165) is 21.3 Å². The second-order valence-electron chi connectivity index (χ2n) is 3.33. The van der Waals surface area contributed by atoms with E-state index in [-0.39, 0.29) is 0 Å². The maximum absolute atomic E-state index is 5.85. The predicted octanol–water partition coefficient (Wildman–Crippen LogP) is 3.49. The molecule has 2 aromatic rings. The van der Waals surface area contributed by atoms with Gasteiger partial charge in [-0.1, -0.05) is 17.8 Å². The van der Waals surface area contributed by atoms with Gasteiger partial charge < -0.3 is 5.73 Å². The Hall–Kier alpha value is -1.00. The first-order valence-electron chi connectivity index (χ1n) is 4.62. The third-order valence-electron chi connectivity index (χ3n) is 2.12. The second-order valence-corrected chi connectivity index (χ2v) is 5.47. The van der Waals surface area contributed by atoms with Crippen molar-refractivity contribution in [2.45, 2.75) is 23.1 Å². The van der Waals surface area contributed by atoms with Crippen LogP contribution in [0.2, 0.25) is 0 Å². The van der Waals surface area contributed by atoms with E-state index in [1.54, 1.807) is 23.1 Å². The van der Waals surface area contributed by atoms with Crippen molar-refractivity contribution in [2.24, 2.45) is 0 Å². The van der Waals surface area contributed by atoms with Gasteiger partial charge in [-0.15, -0.1) is 11.3 Å². The van der Waals surface area contributed by atoms with E-state index in [2.05, 4.69) is 16.4 Å². The number of rotatable bonds is 2. The summed E-state index contributed by atoms with van der Waals surface area (Å²) in [5.41, 5.74) is 8.90. The third-order valence-corrected chi connectivity index (χ3v) is 4.34. The minimum absolute atomic E-state index is 0.841. The predicted molar refractivity (Wildman–Crippen MR) is 66.6 cm³/mol. The highest BCUT2D eigenvalue weighted by Gasteiger charge is 2.05. The SMILES string of the molecule is Cc1csc(Sc2cccc(N)c2C)n1. The molecule has 1 aromatic heterocycles. The summed E-state index contributed by atoms with van der Waals surface area (Å²) in [7, 11) is 0. The number of thiazole rings is 1. The molecule has 78 valence electrons. The van der Waals surface area contributed by atoms with Crippen LogP contribution in [-0.2, 0) is 0 Å². The van der Waals surface area contributed by atoms with Gasteiger partial charge in [0.2, 0.25) is 0 Å². The molecule has 0 unspecified atom stereocenters. The maximum Gasteiger partial charge on any atom is 0.154 e. The van der Waals surface area contributed by atoms with Gasteiger partial charge >= 0.3 is 0 Å². The van der Waals surface area contributed by atoms with Gasteiger partial charge in [0.1, 0.15) is 0 Å². The summed E-state index contributed by atoms with van der Waals surface area (Å²) < 4.78 is 1.07. The van der Waals surface area contributed by atoms with Gasteiger partial charge in [0.05, 0.1) is 0 Å². The van der Waals surface area contributed by atoms with E-state index in [1.807, 2.05) is 26.0 Å². The number of hydrogen-bond acceptors (Lipinski definition) is 4. The van der Waals surface area contributed by atoms with Crippen LogP contribution in [0, 0.1) is 13.8 Å². The molecule has 0 atom stereocenters. The number of nitrogens with two attached hydrogens (primary N) is 1. The normalized spacial score (nSPS) is 10.5. The fourth-order valence-electron chi connectivity index (χ4n) is 1.22. The first-order valence-corrected chi connectivity index (χ1v) is 6.31. The molecule has 2 rings (SSSR count). The number of aromatic nitrogens is 1. The summed E-state index contributed by atoms with van der Waals surface area (Å²) in [6, 6.07) is 5.98.